The zero-order valence-corrected chi connectivity index (χ0v) is 6.39. The number of nitrogens with two attached hydrogens (primary N) is 2. The third-order valence-corrected chi connectivity index (χ3v) is 1.68. The van der Waals surface area contributed by atoms with E-state index in [4.69, 9.17) is 11.5 Å². The molecule has 0 amide bonds. The normalized spacial score (nSPS) is 10.0. The van der Waals surface area contributed by atoms with Gasteiger partial charge >= 0.3 is 0 Å². The van der Waals surface area contributed by atoms with Gasteiger partial charge in [-0.1, -0.05) is 13.0 Å². The second kappa shape index (κ2) is 2.78. The van der Waals surface area contributed by atoms with Crippen LogP contribution in [-0.4, -0.2) is 0 Å². The summed E-state index contributed by atoms with van der Waals surface area (Å²) in [6.07, 6.45) is 0.725. The summed E-state index contributed by atoms with van der Waals surface area (Å²) in [7, 11) is 0. The van der Waals surface area contributed by atoms with Gasteiger partial charge in [-0.15, -0.1) is 0 Å². The number of nitrogen functional groups attached to an aromatic ring is 2. The van der Waals surface area contributed by atoms with E-state index in [1.807, 2.05) is 6.92 Å². The Morgan fingerprint density at radius 1 is 1.36 bits per heavy atom. The molecule has 0 saturated carbocycles. The van der Waals surface area contributed by atoms with Crippen molar-refractivity contribution in [1.29, 1.82) is 0 Å². The molecule has 0 radical (unpaired) electrons. The van der Waals surface area contributed by atoms with Crippen molar-refractivity contribution in [3.05, 3.63) is 23.5 Å². The molecule has 0 atom stereocenters. The van der Waals surface area contributed by atoms with Crippen molar-refractivity contribution < 1.29 is 4.39 Å². The van der Waals surface area contributed by atoms with Crippen molar-refractivity contribution in [1.82, 2.24) is 0 Å². The van der Waals surface area contributed by atoms with Gasteiger partial charge in [0.25, 0.3) is 0 Å². The van der Waals surface area contributed by atoms with Crippen LogP contribution >= 0.6 is 0 Å². The molecule has 1 aromatic rings. The van der Waals surface area contributed by atoms with Gasteiger partial charge in [0.2, 0.25) is 0 Å². The minimum atomic E-state index is -0.496. The summed E-state index contributed by atoms with van der Waals surface area (Å²) in [5, 5.41) is 0. The summed E-state index contributed by atoms with van der Waals surface area (Å²) in [6.45, 7) is 1.92. The number of aryl methyl sites for hydroxylation is 1. The van der Waals surface area contributed by atoms with Crippen LogP contribution in [0.5, 0.6) is 0 Å². The Balaban J connectivity index is 3.25. The Kier molecular flexibility index (Phi) is 1.98. The molecule has 0 spiro atoms. The molecule has 3 heteroatoms. The van der Waals surface area contributed by atoms with Gasteiger partial charge in [-0.05, 0) is 18.1 Å². The van der Waals surface area contributed by atoms with E-state index >= 15 is 0 Å². The summed E-state index contributed by atoms with van der Waals surface area (Å²) in [4.78, 5) is 0. The lowest BCUT2D eigenvalue weighted by Crippen LogP contribution is -2.00. The van der Waals surface area contributed by atoms with Gasteiger partial charge in [-0.2, -0.15) is 0 Å². The first-order valence-corrected chi connectivity index (χ1v) is 3.49. The average Bonchev–Trinajstić information content (AvgIpc) is 2.01. The van der Waals surface area contributed by atoms with E-state index in [0.717, 1.165) is 12.0 Å². The third kappa shape index (κ3) is 1.27. The number of hydrogen-bond donors (Lipinski definition) is 2. The highest BCUT2D eigenvalue weighted by Crippen LogP contribution is 2.21. The molecule has 0 aliphatic heterocycles. The van der Waals surface area contributed by atoms with E-state index in [9.17, 15) is 4.39 Å². The van der Waals surface area contributed by atoms with Gasteiger partial charge < -0.3 is 11.5 Å². The molecular weight excluding hydrogens is 143 g/mol. The van der Waals surface area contributed by atoms with Gasteiger partial charge in [-0.3, -0.25) is 0 Å². The number of benzene rings is 1. The van der Waals surface area contributed by atoms with Crippen LogP contribution in [0.3, 0.4) is 0 Å². The highest BCUT2D eigenvalue weighted by atomic mass is 19.1. The summed E-state index contributed by atoms with van der Waals surface area (Å²) in [5.74, 6) is -0.496. The predicted octanol–water partition coefficient (Wildman–Crippen LogP) is 1.55. The van der Waals surface area contributed by atoms with E-state index in [0.29, 0.717) is 0 Å². The number of halogens is 1. The van der Waals surface area contributed by atoms with E-state index < -0.39 is 5.82 Å². The fourth-order valence-corrected chi connectivity index (χ4v) is 0.958. The smallest absolute Gasteiger partial charge is 0.169 e. The van der Waals surface area contributed by atoms with Gasteiger partial charge in [0, 0.05) is 0 Å². The largest absolute Gasteiger partial charge is 0.396 e. The lowest BCUT2D eigenvalue weighted by molar-refractivity contribution is 0.635. The molecule has 0 saturated heterocycles. The Hall–Kier alpha value is -1.25. The van der Waals surface area contributed by atoms with Crippen LogP contribution in [0.1, 0.15) is 12.5 Å². The molecule has 0 aliphatic carbocycles. The maximum atomic E-state index is 12.9. The molecule has 0 heterocycles. The van der Waals surface area contributed by atoms with Crippen molar-refractivity contribution in [3.8, 4) is 0 Å². The van der Waals surface area contributed by atoms with Gasteiger partial charge in [0.05, 0.1) is 11.4 Å². The zero-order chi connectivity index (χ0) is 8.43. The summed E-state index contributed by atoms with van der Waals surface area (Å²) < 4.78 is 12.9. The van der Waals surface area contributed by atoms with E-state index in [-0.39, 0.29) is 11.4 Å². The minimum absolute atomic E-state index is 0.111. The molecule has 0 fully saturated rings. The molecule has 2 nitrogen and oxygen atoms in total. The highest BCUT2D eigenvalue weighted by molar-refractivity contribution is 5.58. The summed E-state index contributed by atoms with van der Waals surface area (Å²) >= 11 is 0. The van der Waals surface area contributed by atoms with Crippen LogP contribution in [0.4, 0.5) is 15.8 Å². The molecule has 4 N–H and O–H groups in total. The first kappa shape index (κ1) is 7.85. The minimum Gasteiger partial charge on any atom is -0.396 e. The Morgan fingerprint density at radius 3 is 2.55 bits per heavy atom. The van der Waals surface area contributed by atoms with Crippen LogP contribution in [0, 0.1) is 5.82 Å². The fourth-order valence-electron chi connectivity index (χ4n) is 0.958. The number of anilines is 2. The SMILES string of the molecule is CCc1ccc(N)c(F)c1N. The summed E-state index contributed by atoms with van der Waals surface area (Å²) in [5.41, 5.74) is 11.8. The molecule has 11 heavy (non-hydrogen) atoms. The summed E-state index contributed by atoms with van der Waals surface area (Å²) in [6, 6.07) is 3.28. The van der Waals surface area contributed by atoms with Gasteiger partial charge in [0.15, 0.2) is 5.82 Å². The molecule has 0 bridgehead atoms. The Labute approximate surface area is 65.0 Å². The van der Waals surface area contributed by atoms with E-state index in [2.05, 4.69) is 0 Å². The number of hydrogen-bond acceptors (Lipinski definition) is 2. The van der Waals surface area contributed by atoms with Crippen LogP contribution in [0.15, 0.2) is 12.1 Å². The number of rotatable bonds is 1. The van der Waals surface area contributed by atoms with E-state index in [1.165, 1.54) is 6.07 Å². The molecule has 0 aliphatic rings. The first-order chi connectivity index (χ1) is 5.16. The average molecular weight is 154 g/mol. The van der Waals surface area contributed by atoms with Crippen molar-refractivity contribution >= 4 is 11.4 Å². The van der Waals surface area contributed by atoms with Gasteiger partial charge in [-0.25, -0.2) is 4.39 Å². The quantitative estimate of drug-likeness (QED) is 0.603. The molecule has 60 valence electrons. The van der Waals surface area contributed by atoms with Crippen LogP contribution in [-0.2, 0) is 6.42 Å². The van der Waals surface area contributed by atoms with Crippen LogP contribution in [0.25, 0.3) is 0 Å². The van der Waals surface area contributed by atoms with Crippen molar-refractivity contribution in [3.63, 3.8) is 0 Å². The Morgan fingerprint density at radius 2 is 2.00 bits per heavy atom. The first-order valence-electron chi connectivity index (χ1n) is 3.49. The van der Waals surface area contributed by atoms with Crippen molar-refractivity contribution in [2.24, 2.45) is 0 Å². The van der Waals surface area contributed by atoms with Gasteiger partial charge in [0.1, 0.15) is 0 Å². The molecule has 0 unspecified atom stereocenters. The second-order valence-electron chi connectivity index (χ2n) is 2.40. The highest BCUT2D eigenvalue weighted by Gasteiger charge is 2.05. The second-order valence-corrected chi connectivity index (χ2v) is 2.40. The van der Waals surface area contributed by atoms with Crippen LogP contribution < -0.4 is 11.5 Å². The topological polar surface area (TPSA) is 52.0 Å². The fraction of sp³-hybridized carbons (Fsp3) is 0.250. The zero-order valence-electron chi connectivity index (χ0n) is 6.39. The lowest BCUT2D eigenvalue weighted by atomic mass is 10.1. The van der Waals surface area contributed by atoms with E-state index in [1.54, 1.807) is 6.07 Å². The van der Waals surface area contributed by atoms with Crippen molar-refractivity contribution in [2.75, 3.05) is 11.5 Å². The monoisotopic (exact) mass is 154 g/mol. The van der Waals surface area contributed by atoms with Crippen molar-refractivity contribution in [2.45, 2.75) is 13.3 Å². The standard InChI is InChI=1S/C8H11FN2/c1-2-5-3-4-6(10)7(9)8(5)11/h3-4H,2,10-11H2,1H3. The maximum Gasteiger partial charge on any atom is 0.169 e. The predicted molar refractivity (Wildman–Crippen MR) is 44.6 cm³/mol. The lowest BCUT2D eigenvalue weighted by Gasteiger charge is -2.04. The molecule has 1 rings (SSSR count). The molecule has 1 aromatic carbocycles. The Bertz CT molecular complexity index is 271. The molecule has 0 aromatic heterocycles. The third-order valence-electron chi connectivity index (χ3n) is 1.68. The molecular formula is C8H11FN2. The van der Waals surface area contributed by atoms with Crippen LogP contribution in [0.2, 0.25) is 0 Å². The maximum absolute atomic E-state index is 12.9.